The largest absolute Gasteiger partial charge is 0.384 e. The first-order valence-corrected chi connectivity index (χ1v) is 8.97. The summed E-state index contributed by atoms with van der Waals surface area (Å²) < 4.78 is 32.1. The van der Waals surface area contributed by atoms with Crippen molar-refractivity contribution in [3.05, 3.63) is 15.8 Å². The number of hydrogen-bond donors (Lipinski definition) is 1. The van der Waals surface area contributed by atoms with Gasteiger partial charge in [0.25, 0.3) is 0 Å². The monoisotopic (exact) mass is 318 g/mol. The van der Waals surface area contributed by atoms with E-state index in [-0.39, 0.29) is 0 Å². The quantitative estimate of drug-likeness (QED) is 0.862. The highest BCUT2D eigenvalue weighted by Gasteiger charge is 2.34. The third kappa shape index (κ3) is 3.23. The highest BCUT2D eigenvalue weighted by Crippen LogP contribution is 2.31. The van der Waals surface area contributed by atoms with E-state index in [1.165, 1.54) is 0 Å². The van der Waals surface area contributed by atoms with Gasteiger partial charge in [0.05, 0.1) is 11.5 Å². The predicted molar refractivity (Wildman–Crippen MR) is 80.6 cm³/mol. The smallest absolute Gasteiger partial charge is 0.244 e. The van der Waals surface area contributed by atoms with Crippen molar-refractivity contribution in [2.24, 2.45) is 5.92 Å². The second-order valence-electron chi connectivity index (χ2n) is 5.14. The predicted octanol–water partition coefficient (Wildman–Crippen LogP) is 1.43. The topological polar surface area (TPSA) is 58.6 Å². The second kappa shape index (κ2) is 6.53. The van der Waals surface area contributed by atoms with Crippen LogP contribution in [0.25, 0.3) is 0 Å². The van der Waals surface area contributed by atoms with E-state index in [9.17, 15) is 8.42 Å². The molecule has 1 unspecified atom stereocenters. The van der Waals surface area contributed by atoms with Gasteiger partial charge >= 0.3 is 0 Å². The molecule has 2 heterocycles. The van der Waals surface area contributed by atoms with Crippen LogP contribution in [0.5, 0.6) is 0 Å². The minimum Gasteiger partial charge on any atom is -0.384 e. The zero-order valence-electron chi connectivity index (χ0n) is 12.2. The first kappa shape index (κ1) is 15.9. The fraction of sp³-hybridized carbons (Fsp3) is 0.692. The lowest BCUT2D eigenvalue weighted by molar-refractivity contribution is 0.157. The van der Waals surface area contributed by atoms with Crippen molar-refractivity contribution in [1.82, 2.24) is 9.62 Å². The number of methoxy groups -OCH3 is 1. The molecule has 114 valence electrons. The molecule has 1 aliphatic rings. The fourth-order valence-electron chi connectivity index (χ4n) is 2.57. The van der Waals surface area contributed by atoms with Gasteiger partial charge in [-0.25, -0.2) is 8.42 Å². The van der Waals surface area contributed by atoms with Crippen LogP contribution in [0, 0.1) is 12.8 Å². The molecule has 0 aliphatic carbocycles. The van der Waals surface area contributed by atoms with Gasteiger partial charge in [-0.1, -0.05) is 0 Å². The number of thiophene rings is 1. The van der Waals surface area contributed by atoms with Crippen molar-refractivity contribution in [3.63, 3.8) is 0 Å². The number of sulfonamides is 1. The lowest BCUT2D eigenvalue weighted by Gasteiger charge is -2.16. The number of nitrogens with one attached hydrogen (secondary N) is 1. The lowest BCUT2D eigenvalue weighted by atomic mass is 10.1. The van der Waals surface area contributed by atoms with Crippen LogP contribution in [0.15, 0.2) is 11.0 Å². The molecular weight excluding hydrogens is 296 g/mol. The first-order chi connectivity index (χ1) is 9.48. The summed E-state index contributed by atoms with van der Waals surface area (Å²) in [6.07, 6.45) is 0.875. The minimum atomic E-state index is -3.36. The number of rotatable bonds is 6. The van der Waals surface area contributed by atoms with Crippen LogP contribution >= 0.6 is 11.3 Å². The molecule has 0 bridgehead atoms. The summed E-state index contributed by atoms with van der Waals surface area (Å²) in [4.78, 5) is 2.38. The maximum Gasteiger partial charge on any atom is 0.244 e. The second-order valence-corrected chi connectivity index (χ2v) is 8.38. The maximum absolute atomic E-state index is 12.7. The normalized spacial score (nSPS) is 20.6. The van der Waals surface area contributed by atoms with Gasteiger partial charge in [-0.3, -0.25) is 0 Å². The highest BCUT2D eigenvalue weighted by molar-refractivity contribution is 7.89. The van der Waals surface area contributed by atoms with Gasteiger partial charge in [0.15, 0.2) is 0 Å². The SMILES string of the molecule is CNCc1cc(S(=O)(=O)N2CCC(COC)C2)c(C)s1. The van der Waals surface area contributed by atoms with Crippen molar-refractivity contribution in [2.45, 2.75) is 24.8 Å². The molecule has 0 saturated carbocycles. The van der Waals surface area contributed by atoms with E-state index in [1.54, 1.807) is 28.8 Å². The molecule has 1 aromatic rings. The zero-order chi connectivity index (χ0) is 14.8. The van der Waals surface area contributed by atoms with Gasteiger partial charge in [-0.2, -0.15) is 4.31 Å². The molecule has 5 nitrogen and oxygen atoms in total. The Morgan fingerprint density at radius 2 is 2.30 bits per heavy atom. The van der Waals surface area contributed by atoms with E-state index >= 15 is 0 Å². The van der Waals surface area contributed by atoms with Crippen LogP contribution < -0.4 is 5.32 Å². The van der Waals surface area contributed by atoms with Gasteiger partial charge in [0.1, 0.15) is 0 Å². The number of ether oxygens (including phenoxy) is 1. The van der Waals surface area contributed by atoms with Crippen molar-refractivity contribution >= 4 is 21.4 Å². The van der Waals surface area contributed by atoms with Crippen LogP contribution in [-0.2, 0) is 21.3 Å². The molecule has 1 aromatic heterocycles. The fourth-order valence-corrected chi connectivity index (χ4v) is 5.72. The van der Waals surface area contributed by atoms with Gasteiger partial charge in [0.2, 0.25) is 10.0 Å². The summed E-state index contributed by atoms with van der Waals surface area (Å²) in [7, 11) is 0.159. The molecule has 0 aromatic carbocycles. The molecule has 1 aliphatic heterocycles. The Kier molecular flexibility index (Phi) is 5.19. The van der Waals surface area contributed by atoms with E-state index in [4.69, 9.17) is 4.74 Å². The Balaban J connectivity index is 2.18. The average Bonchev–Trinajstić information content (AvgIpc) is 2.98. The van der Waals surface area contributed by atoms with Gasteiger partial charge < -0.3 is 10.1 Å². The Hall–Kier alpha value is -0.470. The average molecular weight is 318 g/mol. The van der Waals surface area contributed by atoms with E-state index < -0.39 is 10.0 Å². The molecule has 0 amide bonds. The summed E-state index contributed by atoms with van der Waals surface area (Å²) in [5.41, 5.74) is 0. The van der Waals surface area contributed by atoms with Crippen molar-refractivity contribution in [3.8, 4) is 0 Å². The Bertz CT molecular complexity index is 554. The summed E-state index contributed by atoms with van der Waals surface area (Å²) >= 11 is 1.54. The van der Waals surface area contributed by atoms with E-state index in [2.05, 4.69) is 5.32 Å². The van der Waals surface area contributed by atoms with E-state index in [0.29, 0.717) is 37.1 Å². The molecule has 0 radical (unpaired) electrons. The lowest BCUT2D eigenvalue weighted by Crippen LogP contribution is -2.29. The standard InChI is InChI=1S/C13H22N2O3S2/c1-10-13(6-12(19-10)7-14-2)20(16,17)15-5-4-11(8-15)9-18-3/h6,11,14H,4-5,7-9H2,1-3H3. The maximum atomic E-state index is 12.7. The molecule has 1 fully saturated rings. The zero-order valence-corrected chi connectivity index (χ0v) is 13.8. The van der Waals surface area contributed by atoms with Crippen LogP contribution in [-0.4, -0.2) is 46.6 Å². The molecular formula is C13H22N2O3S2. The third-order valence-corrected chi connectivity index (χ3v) is 6.71. The van der Waals surface area contributed by atoms with Crippen LogP contribution in [0.3, 0.4) is 0 Å². The number of hydrogen-bond acceptors (Lipinski definition) is 5. The highest BCUT2D eigenvalue weighted by atomic mass is 32.2. The number of nitrogens with zero attached hydrogens (tertiary/aromatic N) is 1. The van der Waals surface area contributed by atoms with Gasteiger partial charge in [-0.05, 0) is 32.4 Å². The Labute approximate surface area is 125 Å². The minimum absolute atomic E-state index is 0.311. The summed E-state index contributed by atoms with van der Waals surface area (Å²) in [6.45, 7) is 4.35. The van der Waals surface area contributed by atoms with Crippen molar-refractivity contribution in [1.29, 1.82) is 0 Å². The molecule has 0 spiro atoms. The summed E-state index contributed by atoms with van der Waals surface area (Å²) in [5, 5.41) is 3.05. The van der Waals surface area contributed by atoms with Crippen LogP contribution in [0.1, 0.15) is 16.2 Å². The Morgan fingerprint density at radius 3 is 2.95 bits per heavy atom. The molecule has 1 atom stereocenters. The molecule has 1 saturated heterocycles. The Morgan fingerprint density at radius 1 is 1.55 bits per heavy atom. The van der Waals surface area contributed by atoms with Gasteiger partial charge in [-0.15, -0.1) is 11.3 Å². The molecule has 20 heavy (non-hydrogen) atoms. The van der Waals surface area contributed by atoms with Gasteiger partial charge in [0, 0.05) is 36.5 Å². The molecule has 2 rings (SSSR count). The molecule has 7 heteroatoms. The van der Waals surface area contributed by atoms with Crippen molar-refractivity contribution in [2.75, 3.05) is 33.9 Å². The van der Waals surface area contributed by atoms with Crippen LogP contribution in [0.4, 0.5) is 0 Å². The third-order valence-electron chi connectivity index (χ3n) is 3.54. The van der Waals surface area contributed by atoms with Crippen LogP contribution in [0.2, 0.25) is 0 Å². The summed E-state index contributed by atoms with van der Waals surface area (Å²) in [6, 6.07) is 1.80. The van der Waals surface area contributed by atoms with E-state index in [0.717, 1.165) is 16.2 Å². The number of aryl methyl sites for hydroxylation is 1. The van der Waals surface area contributed by atoms with E-state index in [1.807, 2.05) is 14.0 Å². The first-order valence-electron chi connectivity index (χ1n) is 6.72. The summed E-state index contributed by atoms with van der Waals surface area (Å²) in [5.74, 6) is 0.311. The van der Waals surface area contributed by atoms with Crippen molar-refractivity contribution < 1.29 is 13.2 Å². The molecule has 1 N–H and O–H groups in total.